The number of benzene rings is 3. The second kappa shape index (κ2) is 12.0. The molecule has 2 aliphatic rings. The quantitative estimate of drug-likeness (QED) is 0.293. The van der Waals surface area contributed by atoms with E-state index in [-0.39, 0.29) is 18.9 Å². The van der Waals surface area contributed by atoms with Crippen LogP contribution in [0, 0.1) is 13.8 Å². The molecule has 204 valence electrons. The van der Waals surface area contributed by atoms with Gasteiger partial charge >= 0.3 is 5.97 Å². The Morgan fingerprint density at radius 1 is 0.950 bits per heavy atom. The molecular weight excluding hydrogens is 518 g/mol. The lowest BCUT2D eigenvalue weighted by atomic mass is 9.90. The minimum Gasteiger partial charge on any atom is -0.457 e. The molecule has 0 unspecified atom stereocenters. The van der Waals surface area contributed by atoms with E-state index in [1.807, 2.05) is 98.8 Å². The predicted octanol–water partition coefficient (Wildman–Crippen LogP) is 6.67. The maximum Gasteiger partial charge on any atom is 0.338 e. The van der Waals surface area contributed by atoms with Crippen molar-refractivity contribution >= 4 is 28.8 Å². The van der Waals surface area contributed by atoms with Gasteiger partial charge in [-0.15, -0.1) is 0 Å². The number of carbonyl (C=O) groups excluding carboxylic acids is 2. The van der Waals surface area contributed by atoms with E-state index < -0.39 is 12.0 Å². The summed E-state index contributed by atoms with van der Waals surface area (Å²) in [5, 5.41) is 2.74. The molecule has 0 N–H and O–H groups in total. The molecule has 0 radical (unpaired) electrons. The Balaban J connectivity index is 1.45. The molecule has 2 aliphatic heterocycles. The standard InChI is InChI=1S/C33H33N3O3S/c1-22-15-16-23(2)28(17-22)31-30(32(38)39-20-26-13-9-6-10-14-26)24(3)34-33-36(31)27(21-40-33)18-29(37)35(4)19-25-11-7-5-8-12-25/h5-17,21,31H,18-20H2,1-4H3/t31-/m0/s1. The van der Waals surface area contributed by atoms with Crippen molar-refractivity contribution in [2.24, 2.45) is 4.99 Å². The highest BCUT2D eigenvalue weighted by Gasteiger charge is 2.42. The third kappa shape index (κ3) is 5.89. The van der Waals surface area contributed by atoms with Gasteiger partial charge in [-0.05, 0) is 48.4 Å². The van der Waals surface area contributed by atoms with Crippen molar-refractivity contribution in [3.8, 4) is 0 Å². The van der Waals surface area contributed by atoms with Crippen LogP contribution in [0.5, 0.6) is 0 Å². The molecule has 5 rings (SSSR count). The lowest BCUT2D eigenvalue weighted by molar-refractivity contribution is -0.141. The summed E-state index contributed by atoms with van der Waals surface area (Å²) in [5.41, 5.74) is 7.08. The normalized spacial score (nSPS) is 16.3. The van der Waals surface area contributed by atoms with Crippen LogP contribution in [0.1, 0.15) is 47.2 Å². The molecule has 0 bridgehead atoms. The van der Waals surface area contributed by atoms with Crippen LogP contribution in [-0.2, 0) is 27.5 Å². The molecule has 3 aromatic rings. The topological polar surface area (TPSA) is 62.2 Å². The maximum atomic E-state index is 13.7. The Kier molecular flexibility index (Phi) is 8.21. The summed E-state index contributed by atoms with van der Waals surface area (Å²) in [6.45, 7) is 6.65. The largest absolute Gasteiger partial charge is 0.457 e. The second-order valence-corrected chi connectivity index (χ2v) is 11.1. The molecule has 0 spiro atoms. The number of nitrogens with zero attached hydrogens (tertiary/aromatic N) is 3. The fourth-order valence-electron chi connectivity index (χ4n) is 5.02. The molecule has 2 heterocycles. The van der Waals surface area contributed by atoms with E-state index in [0.717, 1.165) is 38.7 Å². The number of rotatable bonds is 8. The minimum absolute atomic E-state index is 0.00357. The highest BCUT2D eigenvalue weighted by molar-refractivity contribution is 8.16. The fourth-order valence-corrected chi connectivity index (χ4v) is 5.98. The monoisotopic (exact) mass is 551 g/mol. The first-order valence-corrected chi connectivity index (χ1v) is 14.2. The molecule has 0 saturated carbocycles. The highest BCUT2D eigenvalue weighted by Crippen LogP contribution is 2.46. The van der Waals surface area contributed by atoms with E-state index in [1.54, 1.807) is 4.90 Å². The van der Waals surface area contributed by atoms with Crippen molar-refractivity contribution in [3.05, 3.63) is 129 Å². The minimum atomic E-state index is -0.454. The number of aliphatic imine (C=N–C) groups is 1. The Hall–Kier alpha value is -4.10. The Labute approximate surface area is 240 Å². The average molecular weight is 552 g/mol. The molecule has 1 amide bonds. The van der Waals surface area contributed by atoms with Crippen LogP contribution < -0.4 is 0 Å². The van der Waals surface area contributed by atoms with Crippen LogP contribution in [0.2, 0.25) is 0 Å². The number of allylic oxidation sites excluding steroid dienone is 1. The molecular formula is C33H33N3O3S. The molecule has 7 heteroatoms. The zero-order chi connectivity index (χ0) is 28.2. The summed E-state index contributed by atoms with van der Waals surface area (Å²) in [4.78, 5) is 35.7. The summed E-state index contributed by atoms with van der Waals surface area (Å²) in [5.74, 6) is -0.407. The van der Waals surface area contributed by atoms with Crippen molar-refractivity contribution in [3.63, 3.8) is 0 Å². The number of fused-ring (bicyclic) bond motifs is 1. The second-order valence-electron chi connectivity index (χ2n) is 10.2. The van der Waals surface area contributed by atoms with Gasteiger partial charge in [0, 0.05) is 19.3 Å². The first kappa shape index (κ1) is 27.5. The van der Waals surface area contributed by atoms with Gasteiger partial charge < -0.3 is 14.5 Å². The molecule has 0 saturated heterocycles. The summed E-state index contributed by atoms with van der Waals surface area (Å²) in [7, 11) is 1.82. The summed E-state index contributed by atoms with van der Waals surface area (Å²) >= 11 is 1.49. The number of thioether (sulfide) groups is 1. The van der Waals surface area contributed by atoms with Crippen LogP contribution in [0.25, 0.3) is 0 Å². The number of hydrogen-bond donors (Lipinski definition) is 0. The Morgan fingerprint density at radius 3 is 2.33 bits per heavy atom. The zero-order valence-electron chi connectivity index (χ0n) is 23.3. The fraction of sp³-hybridized carbons (Fsp3) is 0.242. The first-order chi connectivity index (χ1) is 19.3. The van der Waals surface area contributed by atoms with Gasteiger partial charge in [-0.1, -0.05) is 96.2 Å². The van der Waals surface area contributed by atoms with Crippen LogP contribution in [0.4, 0.5) is 0 Å². The Morgan fingerprint density at radius 2 is 1.62 bits per heavy atom. The van der Waals surface area contributed by atoms with E-state index in [9.17, 15) is 9.59 Å². The van der Waals surface area contributed by atoms with E-state index >= 15 is 0 Å². The Bertz CT molecular complexity index is 1510. The van der Waals surface area contributed by atoms with Crippen molar-refractivity contribution in [2.45, 2.75) is 46.4 Å². The van der Waals surface area contributed by atoms with Crippen LogP contribution >= 0.6 is 11.8 Å². The van der Waals surface area contributed by atoms with Crippen molar-refractivity contribution in [2.75, 3.05) is 7.05 Å². The van der Waals surface area contributed by atoms with E-state index in [4.69, 9.17) is 9.73 Å². The number of esters is 1. The van der Waals surface area contributed by atoms with Gasteiger partial charge in [-0.25, -0.2) is 9.79 Å². The molecule has 6 nitrogen and oxygen atoms in total. The van der Waals surface area contributed by atoms with Crippen molar-refractivity contribution in [1.29, 1.82) is 0 Å². The summed E-state index contributed by atoms with van der Waals surface area (Å²) in [6.07, 6.45) is 0.197. The number of hydrogen-bond acceptors (Lipinski definition) is 6. The van der Waals surface area contributed by atoms with E-state index in [1.165, 1.54) is 11.8 Å². The SMILES string of the molecule is CC1=C(C(=O)OCc2ccccc2)[C@H](c2cc(C)ccc2C)N2C(CC(=O)N(C)Cc3ccccc3)=CSC2=N1. The lowest BCUT2D eigenvalue weighted by Crippen LogP contribution is -2.38. The first-order valence-electron chi connectivity index (χ1n) is 13.3. The van der Waals surface area contributed by atoms with Gasteiger partial charge in [-0.3, -0.25) is 4.79 Å². The number of ether oxygens (including phenoxy) is 1. The van der Waals surface area contributed by atoms with Crippen molar-refractivity contribution < 1.29 is 14.3 Å². The zero-order valence-corrected chi connectivity index (χ0v) is 24.1. The molecule has 40 heavy (non-hydrogen) atoms. The molecule has 1 atom stereocenters. The van der Waals surface area contributed by atoms with Gasteiger partial charge in [0.15, 0.2) is 5.17 Å². The lowest BCUT2D eigenvalue weighted by Gasteiger charge is -2.37. The van der Waals surface area contributed by atoms with Gasteiger partial charge in [0.05, 0.1) is 23.7 Å². The van der Waals surface area contributed by atoms with Crippen LogP contribution in [0.3, 0.4) is 0 Å². The predicted molar refractivity (Wildman–Crippen MR) is 160 cm³/mol. The van der Waals surface area contributed by atoms with Crippen LogP contribution in [0.15, 0.2) is 106 Å². The van der Waals surface area contributed by atoms with Crippen LogP contribution in [-0.4, -0.2) is 33.9 Å². The number of amides is 1. The third-order valence-electron chi connectivity index (χ3n) is 7.18. The molecule has 0 aromatic heterocycles. The highest BCUT2D eigenvalue weighted by atomic mass is 32.2. The van der Waals surface area contributed by atoms with Gasteiger partial charge in [0.1, 0.15) is 6.61 Å². The van der Waals surface area contributed by atoms with E-state index in [0.29, 0.717) is 17.8 Å². The number of amidine groups is 1. The number of aryl methyl sites for hydroxylation is 2. The van der Waals surface area contributed by atoms with Gasteiger partial charge in [0.25, 0.3) is 0 Å². The summed E-state index contributed by atoms with van der Waals surface area (Å²) in [6, 6.07) is 25.4. The number of carbonyl (C=O) groups is 2. The molecule has 3 aromatic carbocycles. The van der Waals surface area contributed by atoms with Gasteiger partial charge in [-0.2, -0.15) is 0 Å². The summed E-state index contributed by atoms with van der Waals surface area (Å²) < 4.78 is 5.84. The van der Waals surface area contributed by atoms with Gasteiger partial charge in [0.2, 0.25) is 5.91 Å². The third-order valence-corrected chi connectivity index (χ3v) is 8.07. The van der Waals surface area contributed by atoms with Crippen molar-refractivity contribution in [1.82, 2.24) is 9.80 Å². The van der Waals surface area contributed by atoms with E-state index in [2.05, 4.69) is 18.2 Å². The maximum absolute atomic E-state index is 13.7. The molecule has 0 fully saturated rings. The molecule has 0 aliphatic carbocycles. The smallest absolute Gasteiger partial charge is 0.338 e. The average Bonchev–Trinajstić information content (AvgIpc) is 3.35.